The van der Waals surface area contributed by atoms with Gasteiger partial charge in [0.25, 0.3) is 0 Å². The highest BCUT2D eigenvalue weighted by atomic mass is 32.2. The molecule has 2 unspecified atom stereocenters. The van der Waals surface area contributed by atoms with Gasteiger partial charge in [-0.05, 0) is 43.0 Å². The Hall–Kier alpha value is -1.15. The summed E-state index contributed by atoms with van der Waals surface area (Å²) in [5, 5.41) is 0. The Labute approximate surface area is 138 Å². The summed E-state index contributed by atoms with van der Waals surface area (Å²) in [7, 11) is -1.92. The second-order valence-corrected chi connectivity index (χ2v) is 7.74. The van der Waals surface area contributed by atoms with E-state index in [9.17, 15) is 8.42 Å². The van der Waals surface area contributed by atoms with Crippen LogP contribution in [0.15, 0.2) is 29.2 Å². The van der Waals surface area contributed by atoms with Gasteiger partial charge in [-0.1, -0.05) is 6.92 Å². The molecule has 0 aliphatic carbocycles. The molecule has 2 atom stereocenters. The molecular weight excluding hydrogens is 316 g/mol. The number of sulfonamides is 1. The van der Waals surface area contributed by atoms with Crippen molar-refractivity contribution in [3.05, 3.63) is 24.3 Å². The predicted molar refractivity (Wildman–Crippen MR) is 88.9 cm³/mol. The smallest absolute Gasteiger partial charge is 0.243 e. The van der Waals surface area contributed by atoms with Gasteiger partial charge in [-0.25, -0.2) is 8.42 Å². The SMILES string of the molecule is COCCOc1ccc(S(=O)(=O)N2CCCC(C)C2CN)cc1. The molecule has 1 aromatic rings. The zero-order valence-corrected chi connectivity index (χ0v) is 14.6. The van der Waals surface area contributed by atoms with Crippen molar-refractivity contribution in [3.63, 3.8) is 0 Å². The van der Waals surface area contributed by atoms with Crippen molar-refractivity contribution < 1.29 is 17.9 Å². The van der Waals surface area contributed by atoms with Crippen LogP contribution >= 0.6 is 0 Å². The van der Waals surface area contributed by atoms with E-state index in [4.69, 9.17) is 15.2 Å². The standard InChI is InChI=1S/C16H26N2O4S/c1-13-4-3-9-18(16(13)12-17)23(19,20)15-7-5-14(6-8-15)22-11-10-21-2/h5-8,13,16H,3-4,9-12,17H2,1-2H3. The minimum atomic E-state index is -3.53. The van der Waals surface area contributed by atoms with Gasteiger partial charge in [0, 0.05) is 26.2 Å². The molecule has 0 aromatic heterocycles. The molecular formula is C16H26N2O4S. The van der Waals surface area contributed by atoms with Crippen LogP contribution in [0.4, 0.5) is 0 Å². The molecule has 2 N–H and O–H groups in total. The third kappa shape index (κ3) is 4.23. The Balaban J connectivity index is 2.15. The Morgan fingerprint density at radius 3 is 2.57 bits per heavy atom. The second kappa shape index (κ2) is 8.10. The maximum atomic E-state index is 12.9. The third-order valence-corrected chi connectivity index (χ3v) is 6.23. The van der Waals surface area contributed by atoms with Crippen molar-refractivity contribution in [2.75, 3.05) is 33.4 Å². The molecule has 1 aliphatic rings. The molecule has 0 saturated carbocycles. The fourth-order valence-corrected chi connectivity index (χ4v) is 4.72. The van der Waals surface area contributed by atoms with Crippen LogP contribution in [0, 0.1) is 5.92 Å². The molecule has 1 aromatic carbocycles. The number of methoxy groups -OCH3 is 1. The van der Waals surface area contributed by atoms with Crippen molar-refractivity contribution in [2.45, 2.75) is 30.7 Å². The highest BCUT2D eigenvalue weighted by Gasteiger charge is 2.36. The summed E-state index contributed by atoms with van der Waals surface area (Å²) in [5.74, 6) is 0.906. The predicted octanol–water partition coefficient (Wildman–Crippen LogP) is 1.46. The summed E-state index contributed by atoms with van der Waals surface area (Å²) in [6, 6.07) is 6.39. The number of rotatable bonds is 7. The monoisotopic (exact) mass is 342 g/mol. The van der Waals surface area contributed by atoms with Gasteiger partial charge >= 0.3 is 0 Å². The first-order valence-electron chi connectivity index (χ1n) is 7.94. The summed E-state index contributed by atoms with van der Waals surface area (Å²) in [6.45, 7) is 3.86. The van der Waals surface area contributed by atoms with Gasteiger partial charge < -0.3 is 15.2 Å². The molecule has 1 aliphatic heterocycles. The van der Waals surface area contributed by atoms with E-state index in [1.165, 1.54) is 0 Å². The molecule has 0 bridgehead atoms. The molecule has 23 heavy (non-hydrogen) atoms. The highest BCUT2D eigenvalue weighted by Crippen LogP contribution is 2.29. The van der Waals surface area contributed by atoms with E-state index in [-0.39, 0.29) is 16.9 Å². The molecule has 1 fully saturated rings. The number of nitrogens with two attached hydrogens (primary N) is 1. The quantitative estimate of drug-likeness (QED) is 0.759. The molecule has 0 amide bonds. The van der Waals surface area contributed by atoms with E-state index >= 15 is 0 Å². The number of ether oxygens (including phenoxy) is 2. The average molecular weight is 342 g/mol. The molecule has 1 heterocycles. The maximum absolute atomic E-state index is 12.9. The summed E-state index contributed by atoms with van der Waals surface area (Å²) in [6.07, 6.45) is 1.88. The highest BCUT2D eigenvalue weighted by molar-refractivity contribution is 7.89. The number of nitrogens with zero attached hydrogens (tertiary/aromatic N) is 1. The van der Waals surface area contributed by atoms with Crippen molar-refractivity contribution in [1.29, 1.82) is 0 Å². The summed E-state index contributed by atoms with van der Waals surface area (Å²) in [5.41, 5.74) is 5.81. The van der Waals surface area contributed by atoms with Crippen LogP contribution < -0.4 is 10.5 Å². The Kier molecular flexibility index (Phi) is 6.41. The molecule has 6 nitrogen and oxygen atoms in total. The molecule has 2 rings (SSSR count). The second-order valence-electron chi connectivity index (χ2n) is 5.85. The van der Waals surface area contributed by atoms with E-state index < -0.39 is 10.0 Å². The number of hydrogen-bond acceptors (Lipinski definition) is 5. The first-order chi connectivity index (χ1) is 11.0. The van der Waals surface area contributed by atoms with E-state index in [0.29, 0.717) is 32.1 Å². The molecule has 7 heteroatoms. The fraction of sp³-hybridized carbons (Fsp3) is 0.625. The first kappa shape index (κ1) is 18.2. The van der Waals surface area contributed by atoms with Gasteiger partial charge in [0.15, 0.2) is 0 Å². The zero-order chi connectivity index (χ0) is 16.9. The first-order valence-corrected chi connectivity index (χ1v) is 9.38. The number of benzene rings is 1. The van der Waals surface area contributed by atoms with Gasteiger partial charge in [0.2, 0.25) is 10.0 Å². The Morgan fingerprint density at radius 1 is 1.26 bits per heavy atom. The van der Waals surface area contributed by atoms with Crippen LogP contribution in [-0.4, -0.2) is 52.2 Å². The Bertz CT molecular complexity index is 589. The zero-order valence-electron chi connectivity index (χ0n) is 13.8. The lowest BCUT2D eigenvalue weighted by molar-refractivity contribution is 0.146. The Morgan fingerprint density at radius 2 is 1.96 bits per heavy atom. The molecule has 0 radical (unpaired) electrons. The largest absolute Gasteiger partial charge is 0.491 e. The van der Waals surface area contributed by atoms with Crippen molar-refractivity contribution >= 4 is 10.0 Å². The van der Waals surface area contributed by atoms with Crippen molar-refractivity contribution in [3.8, 4) is 5.75 Å². The van der Waals surface area contributed by atoms with Crippen molar-refractivity contribution in [2.24, 2.45) is 11.7 Å². The average Bonchev–Trinajstić information content (AvgIpc) is 2.55. The van der Waals surface area contributed by atoms with E-state index in [2.05, 4.69) is 6.92 Å². The van der Waals surface area contributed by atoms with Gasteiger partial charge in [0.05, 0.1) is 11.5 Å². The normalized spacial score (nSPS) is 22.9. The van der Waals surface area contributed by atoms with Gasteiger partial charge in [-0.15, -0.1) is 0 Å². The minimum Gasteiger partial charge on any atom is -0.491 e. The van der Waals surface area contributed by atoms with Crippen LogP contribution in [0.2, 0.25) is 0 Å². The lowest BCUT2D eigenvalue weighted by Gasteiger charge is -2.38. The lowest BCUT2D eigenvalue weighted by Crippen LogP contribution is -2.51. The van der Waals surface area contributed by atoms with Crippen LogP contribution in [-0.2, 0) is 14.8 Å². The molecule has 0 spiro atoms. The van der Waals surface area contributed by atoms with Crippen LogP contribution in [0.3, 0.4) is 0 Å². The van der Waals surface area contributed by atoms with E-state index in [0.717, 1.165) is 12.8 Å². The van der Waals surface area contributed by atoms with Crippen molar-refractivity contribution in [1.82, 2.24) is 4.31 Å². The summed E-state index contributed by atoms with van der Waals surface area (Å²) >= 11 is 0. The summed E-state index contributed by atoms with van der Waals surface area (Å²) < 4.78 is 37.7. The summed E-state index contributed by atoms with van der Waals surface area (Å²) in [4.78, 5) is 0.282. The van der Waals surface area contributed by atoms with E-state index in [1.54, 1.807) is 35.7 Å². The number of piperidine rings is 1. The maximum Gasteiger partial charge on any atom is 0.243 e. The number of hydrogen-bond donors (Lipinski definition) is 1. The van der Waals surface area contributed by atoms with Crippen LogP contribution in [0.1, 0.15) is 19.8 Å². The van der Waals surface area contributed by atoms with Crippen LogP contribution in [0.5, 0.6) is 5.75 Å². The lowest BCUT2D eigenvalue weighted by atomic mass is 9.93. The van der Waals surface area contributed by atoms with Gasteiger partial charge in [-0.3, -0.25) is 0 Å². The van der Waals surface area contributed by atoms with Gasteiger partial charge in [0.1, 0.15) is 12.4 Å². The fourth-order valence-electron chi connectivity index (χ4n) is 2.95. The minimum absolute atomic E-state index is 0.133. The van der Waals surface area contributed by atoms with Crippen LogP contribution in [0.25, 0.3) is 0 Å². The third-order valence-electron chi connectivity index (χ3n) is 4.29. The topological polar surface area (TPSA) is 81.9 Å². The molecule has 1 saturated heterocycles. The van der Waals surface area contributed by atoms with Gasteiger partial charge in [-0.2, -0.15) is 4.31 Å². The molecule has 130 valence electrons. The van der Waals surface area contributed by atoms with E-state index in [1.807, 2.05) is 0 Å².